The number of benzene rings is 2. The topological polar surface area (TPSA) is 85.6 Å². The molecule has 7 heteroatoms. The molecule has 0 fully saturated rings. The number of hydrogen-bond donors (Lipinski definition) is 0. The number of pyridine rings is 1. The molecule has 0 N–H and O–H groups in total. The number of hydrogen-bond acceptors (Lipinski definition) is 5. The van der Waals surface area contributed by atoms with E-state index in [9.17, 15) is 14.9 Å². The van der Waals surface area contributed by atoms with Gasteiger partial charge in [0.1, 0.15) is 12.4 Å². The van der Waals surface area contributed by atoms with Gasteiger partial charge in [0, 0.05) is 37.1 Å². The molecule has 4 rings (SSSR count). The fourth-order valence-electron chi connectivity index (χ4n) is 3.44. The Hall–Kier alpha value is -3.74. The first-order valence-electron chi connectivity index (χ1n) is 9.28. The van der Waals surface area contributed by atoms with Crippen LogP contribution in [0.1, 0.15) is 27.0 Å². The highest BCUT2D eigenvalue weighted by Crippen LogP contribution is 2.26. The smallest absolute Gasteiger partial charge is 0.276 e. The molecule has 0 spiro atoms. The quantitative estimate of drug-likeness (QED) is 0.473. The van der Waals surface area contributed by atoms with Crippen LogP contribution in [0.4, 0.5) is 5.69 Å². The predicted molar refractivity (Wildman–Crippen MR) is 107 cm³/mol. The lowest BCUT2D eigenvalue weighted by Gasteiger charge is -2.28. The molecule has 1 amide bonds. The molecular weight excluding hydrogens is 370 g/mol. The Morgan fingerprint density at radius 1 is 1.14 bits per heavy atom. The second-order valence-corrected chi connectivity index (χ2v) is 6.83. The van der Waals surface area contributed by atoms with Gasteiger partial charge in [-0.3, -0.25) is 19.9 Å². The number of carbonyl (C=O) groups is 1. The van der Waals surface area contributed by atoms with Crippen LogP contribution in [0.25, 0.3) is 0 Å². The summed E-state index contributed by atoms with van der Waals surface area (Å²) in [5, 5.41) is 11.1. The third-order valence-electron chi connectivity index (χ3n) is 4.92. The Bertz CT molecular complexity index is 1050. The Labute approximate surface area is 167 Å². The largest absolute Gasteiger partial charge is 0.489 e. The van der Waals surface area contributed by atoms with E-state index in [0.717, 1.165) is 17.5 Å². The highest BCUT2D eigenvalue weighted by molar-refractivity contribution is 5.96. The normalized spacial score (nSPS) is 13.1. The Kier molecular flexibility index (Phi) is 5.20. The predicted octanol–water partition coefficient (Wildman–Crippen LogP) is 3.77. The number of para-hydroxylation sites is 1. The average Bonchev–Trinajstić information content (AvgIpc) is 2.75. The maximum absolute atomic E-state index is 12.8. The second-order valence-electron chi connectivity index (χ2n) is 6.83. The van der Waals surface area contributed by atoms with Gasteiger partial charge >= 0.3 is 0 Å². The average molecular weight is 389 g/mol. The van der Waals surface area contributed by atoms with Gasteiger partial charge in [0.05, 0.1) is 10.5 Å². The van der Waals surface area contributed by atoms with Crippen molar-refractivity contribution in [3.63, 3.8) is 0 Å². The SMILES string of the molecule is O=C1c2ccc(OCc3ccccc3[N+](=O)[O-])cc2CCN1Cc1cccnc1. The fraction of sp³-hybridized carbons (Fsp3) is 0.182. The monoisotopic (exact) mass is 389 g/mol. The second kappa shape index (κ2) is 8.10. The van der Waals surface area contributed by atoms with Gasteiger partial charge in [0.25, 0.3) is 11.6 Å². The standard InChI is InChI=1S/C22H19N3O4/c26-22-20-8-7-19(29-15-18-5-1-2-6-21(18)25(27)28)12-17(20)9-11-24(22)14-16-4-3-10-23-13-16/h1-8,10,12-13H,9,11,14-15H2. The van der Waals surface area contributed by atoms with Gasteiger partial charge in [-0.1, -0.05) is 18.2 Å². The number of ether oxygens (including phenoxy) is 1. The summed E-state index contributed by atoms with van der Waals surface area (Å²) < 4.78 is 5.77. The molecule has 3 aromatic rings. The molecule has 2 aromatic carbocycles. The number of fused-ring (bicyclic) bond motifs is 1. The molecule has 0 bridgehead atoms. The zero-order valence-electron chi connectivity index (χ0n) is 15.7. The van der Waals surface area contributed by atoms with Gasteiger partial charge < -0.3 is 9.64 Å². The molecule has 0 radical (unpaired) electrons. The number of nitro groups is 1. The van der Waals surface area contributed by atoms with Crippen LogP contribution >= 0.6 is 0 Å². The van der Waals surface area contributed by atoms with E-state index in [2.05, 4.69) is 4.98 Å². The molecule has 0 saturated carbocycles. The molecule has 0 aliphatic carbocycles. The van der Waals surface area contributed by atoms with Crippen LogP contribution in [0.3, 0.4) is 0 Å². The van der Waals surface area contributed by atoms with Crippen LogP contribution in [0, 0.1) is 10.1 Å². The van der Waals surface area contributed by atoms with Crippen LogP contribution in [0.15, 0.2) is 67.0 Å². The summed E-state index contributed by atoms with van der Waals surface area (Å²) in [6.07, 6.45) is 4.20. The van der Waals surface area contributed by atoms with Crippen LogP contribution in [-0.2, 0) is 19.6 Å². The number of aromatic nitrogens is 1. The van der Waals surface area contributed by atoms with E-state index in [1.807, 2.05) is 23.1 Å². The van der Waals surface area contributed by atoms with E-state index < -0.39 is 4.92 Å². The Morgan fingerprint density at radius 3 is 2.79 bits per heavy atom. The number of nitrogens with zero attached hydrogens (tertiary/aromatic N) is 3. The van der Waals surface area contributed by atoms with Crippen molar-refractivity contribution < 1.29 is 14.5 Å². The molecule has 7 nitrogen and oxygen atoms in total. The molecule has 0 unspecified atom stereocenters. The molecule has 29 heavy (non-hydrogen) atoms. The maximum Gasteiger partial charge on any atom is 0.276 e. The molecular formula is C22H19N3O4. The van der Waals surface area contributed by atoms with E-state index in [1.165, 1.54) is 6.07 Å². The van der Waals surface area contributed by atoms with Crippen LogP contribution in [0.2, 0.25) is 0 Å². The van der Waals surface area contributed by atoms with E-state index in [0.29, 0.717) is 30.0 Å². The van der Waals surface area contributed by atoms with Crippen LogP contribution < -0.4 is 4.74 Å². The minimum atomic E-state index is -0.416. The minimum absolute atomic E-state index is 0.0136. The zero-order chi connectivity index (χ0) is 20.2. The number of rotatable bonds is 6. The van der Waals surface area contributed by atoms with Crippen molar-refractivity contribution in [1.82, 2.24) is 9.88 Å². The Balaban J connectivity index is 1.46. The lowest BCUT2D eigenvalue weighted by atomic mass is 9.98. The number of carbonyl (C=O) groups excluding carboxylic acids is 1. The molecule has 0 atom stereocenters. The van der Waals surface area contributed by atoms with Crippen molar-refractivity contribution in [3.8, 4) is 5.75 Å². The van der Waals surface area contributed by atoms with Crippen molar-refractivity contribution in [1.29, 1.82) is 0 Å². The lowest BCUT2D eigenvalue weighted by molar-refractivity contribution is -0.385. The third kappa shape index (κ3) is 4.08. The summed E-state index contributed by atoms with van der Waals surface area (Å²) in [5.41, 5.74) is 3.13. The van der Waals surface area contributed by atoms with Crippen molar-refractivity contribution in [2.45, 2.75) is 19.6 Å². The first-order chi connectivity index (χ1) is 14.1. The van der Waals surface area contributed by atoms with Gasteiger partial charge in [-0.05, 0) is 47.9 Å². The minimum Gasteiger partial charge on any atom is -0.489 e. The van der Waals surface area contributed by atoms with Crippen molar-refractivity contribution in [2.24, 2.45) is 0 Å². The highest BCUT2D eigenvalue weighted by atomic mass is 16.6. The molecule has 2 heterocycles. The molecule has 0 saturated heterocycles. The lowest BCUT2D eigenvalue weighted by Crippen LogP contribution is -2.37. The van der Waals surface area contributed by atoms with Gasteiger partial charge in [-0.25, -0.2) is 0 Å². The third-order valence-corrected chi connectivity index (χ3v) is 4.92. The van der Waals surface area contributed by atoms with Crippen molar-refractivity contribution >= 4 is 11.6 Å². The fourth-order valence-corrected chi connectivity index (χ4v) is 3.44. The summed E-state index contributed by atoms with van der Waals surface area (Å²) in [7, 11) is 0. The van der Waals surface area contributed by atoms with E-state index in [4.69, 9.17) is 4.74 Å². The van der Waals surface area contributed by atoms with Crippen LogP contribution in [0.5, 0.6) is 5.75 Å². The first kappa shape index (κ1) is 18.6. The molecule has 1 aliphatic heterocycles. The molecule has 146 valence electrons. The number of nitro benzene ring substituents is 1. The van der Waals surface area contributed by atoms with E-state index >= 15 is 0 Å². The number of amides is 1. The summed E-state index contributed by atoms with van der Waals surface area (Å²) in [6.45, 7) is 1.24. The van der Waals surface area contributed by atoms with E-state index in [1.54, 1.807) is 42.7 Å². The summed E-state index contributed by atoms with van der Waals surface area (Å²) in [6, 6.07) is 15.7. The van der Waals surface area contributed by atoms with Gasteiger partial charge in [-0.2, -0.15) is 0 Å². The Morgan fingerprint density at radius 2 is 2.00 bits per heavy atom. The van der Waals surface area contributed by atoms with E-state index in [-0.39, 0.29) is 18.2 Å². The summed E-state index contributed by atoms with van der Waals surface area (Å²) in [5.74, 6) is 0.579. The molecule has 1 aliphatic rings. The van der Waals surface area contributed by atoms with Gasteiger partial charge in [0.2, 0.25) is 0 Å². The van der Waals surface area contributed by atoms with Gasteiger partial charge in [0.15, 0.2) is 0 Å². The summed E-state index contributed by atoms with van der Waals surface area (Å²) >= 11 is 0. The van der Waals surface area contributed by atoms with Crippen molar-refractivity contribution in [2.75, 3.05) is 6.54 Å². The molecule has 1 aromatic heterocycles. The van der Waals surface area contributed by atoms with Crippen LogP contribution in [-0.4, -0.2) is 27.3 Å². The maximum atomic E-state index is 12.8. The highest BCUT2D eigenvalue weighted by Gasteiger charge is 2.25. The van der Waals surface area contributed by atoms with Gasteiger partial charge in [-0.15, -0.1) is 0 Å². The van der Waals surface area contributed by atoms with Crippen molar-refractivity contribution in [3.05, 3.63) is 99.4 Å². The first-order valence-corrected chi connectivity index (χ1v) is 9.28. The zero-order valence-corrected chi connectivity index (χ0v) is 15.7. The summed E-state index contributed by atoms with van der Waals surface area (Å²) in [4.78, 5) is 29.4.